The topological polar surface area (TPSA) is 129 Å². The van der Waals surface area contributed by atoms with Gasteiger partial charge in [0.2, 0.25) is 10.0 Å². The molecule has 0 aliphatic rings. The maximum Gasteiger partial charge on any atom is 0.433 e. The second kappa shape index (κ2) is 8.83. The Bertz CT molecular complexity index is 1570. The van der Waals surface area contributed by atoms with E-state index in [9.17, 15) is 26.4 Å². The monoisotopic (exact) mass is 525 g/mol. The van der Waals surface area contributed by atoms with Gasteiger partial charge in [0.25, 0.3) is 0 Å². The Hall–Kier alpha value is -3.68. The molecule has 0 radical (unpaired) electrons. The quantitative estimate of drug-likeness (QED) is 0.399. The van der Waals surface area contributed by atoms with Crippen LogP contribution in [0.2, 0.25) is 5.02 Å². The van der Waals surface area contributed by atoms with E-state index in [2.05, 4.69) is 15.4 Å². The Labute approximate surface area is 201 Å². The van der Waals surface area contributed by atoms with Crippen molar-refractivity contribution in [3.8, 4) is 17.0 Å². The maximum atomic E-state index is 13.8. The van der Waals surface area contributed by atoms with Gasteiger partial charge in [-0.15, -0.1) is 0 Å². The average Bonchev–Trinajstić information content (AvgIpc) is 3.16. The van der Waals surface area contributed by atoms with Gasteiger partial charge in [-0.2, -0.15) is 18.3 Å². The number of primary sulfonamides is 1. The van der Waals surface area contributed by atoms with Crippen LogP contribution in [0.4, 0.5) is 23.7 Å². The summed E-state index contributed by atoms with van der Waals surface area (Å²) in [5.74, 6) is -0.358. The van der Waals surface area contributed by atoms with Crippen LogP contribution >= 0.6 is 11.6 Å². The first-order valence-electron chi connectivity index (χ1n) is 9.67. The molecule has 0 atom stereocenters. The molecule has 9 nitrogen and oxygen atoms in total. The maximum absolute atomic E-state index is 13.8. The minimum absolute atomic E-state index is 0.0271. The van der Waals surface area contributed by atoms with E-state index in [1.165, 1.54) is 30.3 Å². The predicted octanol–water partition coefficient (Wildman–Crippen LogP) is 4.64. The number of carbonyl (C=O) groups excluding carboxylic acids is 1. The molecule has 0 aliphatic carbocycles. The molecule has 4 rings (SSSR count). The van der Waals surface area contributed by atoms with E-state index >= 15 is 0 Å². The van der Waals surface area contributed by atoms with Crippen molar-refractivity contribution in [2.24, 2.45) is 5.14 Å². The smallest absolute Gasteiger partial charge is 0.404 e. The normalized spacial score (nSPS) is 12.1. The van der Waals surface area contributed by atoms with E-state index in [-0.39, 0.29) is 27.7 Å². The number of aryl methyl sites for hydroxylation is 1. The summed E-state index contributed by atoms with van der Waals surface area (Å²) in [5, 5.41) is 11.4. The Morgan fingerprint density at radius 1 is 1.17 bits per heavy atom. The summed E-state index contributed by atoms with van der Waals surface area (Å²) in [7, 11) is -4.03. The predicted molar refractivity (Wildman–Crippen MR) is 121 cm³/mol. The zero-order valence-electron chi connectivity index (χ0n) is 17.7. The number of carbonyl (C=O) groups is 1. The van der Waals surface area contributed by atoms with Crippen LogP contribution in [0, 0.1) is 6.92 Å². The number of ether oxygens (including phenoxy) is 1. The summed E-state index contributed by atoms with van der Waals surface area (Å²) >= 11 is 6.01. The third-order valence-electron chi connectivity index (χ3n) is 4.80. The van der Waals surface area contributed by atoms with Crippen molar-refractivity contribution in [3.63, 3.8) is 0 Å². The molecular formula is C21H15ClF3N5O4S. The molecule has 14 heteroatoms. The molecule has 0 fully saturated rings. The SMILES string of the molecule is Cc1cc(-c2cc(C(F)(F)F)n3ncc(OC(=O)Nc4cccc(S(N)(=O)=O)c4)c3n2)ccc1Cl. The highest BCUT2D eigenvalue weighted by molar-refractivity contribution is 7.89. The molecule has 0 aliphatic heterocycles. The third kappa shape index (κ3) is 5.21. The third-order valence-corrected chi connectivity index (χ3v) is 6.13. The van der Waals surface area contributed by atoms with E-state index in [1.807, 2.05) is 0 Å². The molecule has 0 saturated carbocycles. The highest BCUT2D eigenvalue weighted by Crippen LogP contribution is 2.35. The van der Waals surface area contributed by atoms with Crippen molar-refractivity contribution >= 4 is 39.1 Å². The molecule has 2 aromatic carbocycles. The van der Waals surface area contributed by atoms with Crippen LogP contribution in [0.25, 0.3) is 16.9 Å². The van der Waals surface area contributed by atoms with Crippen LogP contribution in [-0.4, -0.2) is 29.1 Å². The standard InChI is InChI=1S/C21H15ClF3N5O4S/c1-11-7-12(5-6-15(11)22)16-9-18(21(23,24)25)30-19(29-16)17(10-27-30)34-20(31)28-13-3-2-4-14(8-13)35(26,32)33/h2-10H,1H3,(H,28,31)(H2,26,32,33). The molecule has 35 heavy (non-hydrogen) atoms. The molecule has 0 saturated heterocycles. The summed E-state index contributed by atoms with van der Waals surface area (Å²) in [5.41, 5.74) is -0.533. The Morgan fingerprint density at radius 3 is 2.57 bits per heavy atom. The fourth-order valence-electron chi connectivity index (χ4n) is 3.16. The van der Waals surface area contributed by atoms with Gasteiger partial charge < -0.3 is 4.74 Å². The van der Waals surface area contributed by atoms with Gasteiger partial charge in [0.1, 0.15) is 0 Å². The number of hydrogen-bond donors (Lipinski definition) is 2. The molecule has 2 aromatic heterocycles. The number of hydrogen-bond acceptors (Lipinski definition) is 6. The highest BCUT2D eigenvalue weighted by atomic mass is 35.5. The lowest BCUT2D eigenvalue weighted by Gasteiger charge is -2.12. The van der Waals surface area contributed by atoms with Gasteiger partial charge in [-0.1, -0.05) is 23.7 Å². The summed E-state index contributed by atoms with van der Waals surface area (Å²) < 4.78 is 69.9. The Kier molecular flexibility index (Phi) is 6.17. The van der Waals surface area contributed by atoms with Crippen molar-refractivity contribution in [2.45, 2.75) is 18.0 Å². The van der Waals surface area contributed by atoms with E-state index in [0.29, 0.717) is 20.7 Å². The molecule has 4 aromatic rings. The molecule has 182 valence electrons. The molecule has 1 amide bonds. The zero-order valence-corrected chi connectivity index (χ0v) is 19.2. The number of nitrogens with one attached hydrogen (secondary N) is 1. The number of aromatic nitrogens is 3. The van der Waals surface area contributed by atoms with E-state index < -0.39 is 28.0 Å². The minimum atomic E-state index is -4.79. The molecular weight excluding hydrogens is 511 g/mol. The molecule has 0 bridgehead atoms. The second-order valence-corrected chi connectivity index (χ2v) is 9.29. The minimum Gasteiger partial charge on any atom is -0.404 e. The summed E-state index contributed by atoms with van der Waals surface area (Å²) in [6.07, 6.45) is -5.00. The number of halogens is 4. The summed E-state index contributed by atoms with van der Waals surface area (Å²) in [6, 6.07) is 10.5. The van der Waals surface area contributed by atoms with Gasteiger partial charge in [0.05, 0.1) is 16.8 Å². The Balaban J connectivity index is 1.72. The number of fused-ring (bicyclic) bond motifs is 1. The average molecular weight is 526 g/mol. The number of nitrogens with zero attached hydrogens (tertiary/aromatic N) is 3. The van der Waals surface area contributed by atoms with E-state index in [0.717, 1.165) is 18.3 Å². The van der Waals surface area contributed by atoms with E-state index in [4.69, 9.17) is 21.5 Å². The first-order chi connectivity index (χ1) is 16.3. The van der Waals surface area contributed by atoms with Crippen molar-refractivity contribution in [1.82, 2.24) is 14.6 Å². The van der Waals surface area contributed by atoms with Gasteiger partial charge in [-0.25, -0.2) is 27.9 Å². The van der Waals surface area contributed by atoms with Crippen molar-refractivity contribution in [1.29, 1.82) is 0 Å². The van der Waals surface area contributed by atoms with Crippen molar-refractivity contribution < 1.29 is 31.1 Å². The highest BCUT2D eigenvalue weighted by Gasteiger charge is 2.36. The van der Waals surface area contributed by atoms with Crippen LogP contribution in [-0.2, 0) is 16.2 Å². The van der Waals surface area contributed by atoms with E-state index in [1.54, 1.807) is 13.0 Å². The Morgan fingerprint density at radius 2 is 1.91 bits per heavy atom. The fraction of sp³-hybridized carbons (Fsp3) is 0.0952. The first-order valence-corrected chi connectivity index (χ1v) is 11.6. The second-order valence-electron chi connectivity index (χ2n) is 7.32. The summed E-state index contributed by atoms with van der Waals surface area (Å²) in [4.78, 5) is 16.3. The van der Waals surface area contributed by atoms with Crippen molar-refractivity contribution in [3.05, 3.63) is 71.0 Å². The van der Waals surface area contributed by atoms with Crippen molar-refractivity contribution in [2.75, 3.05) is 5.32 Å². The van der Waals surface area contributed by atoms with Crippen LogP contribution in [0.15, 0.2) is 59.6 Å². The van der Waals surface area contributed by atoms with Gasteiger partial charge >= 0.3 is 12.3 Å². The van der Waals surface area contributed by atoms with Crippen LogP contribution < -0.4 is 15.2 Å². The number of rotatable bonds is 4. The lowest BCUT2D eigenvalue weighted by Crippen LogP contribution is -2.18. The van der Waals surface area contributed by atoms with Gasteiger partial charge in [0, 0.05) is 16.3 Å². The number of nitrogens with two attached hydrogens (primary N) is 1. The largest absolute Gasteiger partial charge is 0.433 e. The van der Waals surface area contributed by atoms with Gasteiger partial charge in [0.15, 0.2) is 17.1 Å². The first kappa shape index (κ1) is 24.4. The number of anilines is 1. The zero-order chi connectivity index (χ0) is 25.5. The molecule has 0 spiro atoms. The molecule has 3 N–H and O–H groups in total. The number of alkyl halides is 3. The lowest BCUT2D eigenvalue weighted by atomic mass is 10.1. The van der Waals surface area contributed by atoms with Gasteiger partial charge in [-0.3, -0.25) is 5.32 Å². The van der Waals surface area contributed by atoms with Gasteiger partial charge in [-0.05, 0) is 48.9 Å². The van der Waals surface area contributed by atoms with Crippen LogP contribution in [0.5, 0.6) is 5.75 Å². The summed E-state index contributed by atoms with van der Waals surface area (Å²) in [6.45, 7) is 1.69. The molecule has 0 unspecified atom stereocenters. The number of benzene rings is 2. The van der Waals surface area contributed by atoms with Crippen LogP contribution in [0.3, 0.4) is 0 Å². The lowest BCUT2D eigenvalue weighted by molar-refractivity contribution is -0.142. The molecule has 2 heterocycles. The fourth-order valence-corrected chi connectivity index (χ4v) is 3.84. The number of sulfonamides is 1. The number of amides is 1. The van der Waals surface area contributed by atoms with Crippen LogP contribution in [0.1, 0.15) is 11.3 Å².